The molecule has 1 aliphatic rings. The van der Waals surface area contributed by atoms with E-state index in [4.69, 9.17) is 21.6 Å². The number of nitrogens with zero attached hydrogens (tertiary/aromatic N) is 2. The Morgan fingerprint density at radius 2 is 2.50 bits per heavy atom. The van der Waals surface area contributed by atoms with Crippen LogP contribution in [0.15, 0.2) is 12.1 Å². The third kappa shape index (κ3) is 2.84. The second-order valence-corrected chi connectivity index (χ2v) is 4.08. The second-order valence-electron chi connectivity index (χ2n) is 3.69. The first-order valence-electron chi connectivity index (χ1n) is 5.21. The van der Waals surface area contributed by atoms with E-state index < -0.39 is 0 Å². The maximum atomic E-state index is 8.78. The number of hydrogen-bond acceptors (Lipinski definition) is 4. The molecule has 0 aliphatic carbocycles. The molecule has 0 aromatic carbocycles. The predicted molar refractivity (Wildman–Crippen MR) is 61.4 cm³/mol. The van der Waals surface area contributed by atoms with Gasteiger partial charge in [0, 0.05) is 13.2 Å². The lowest BCUT2D eigenvalue weighted by Gasteiger charge is -2.11. The van der Waals surface area contributed by atoms with E-state index in [-0.39, 0.29) is 6.10 Å². The normalized spacial score (nSPS) is 19.4. The highest BCUT2D eigenvalue weighted by Gasteiger charge is 2.15. The van der Waals surface area contributed by atoms with Gasteiger partial charge < -0.3 is 10.1 Å². The van der Waals surface area contributed by atoms with Gasteiger partial charge in [0.05, 0.1) is 17.7 Å². The molecular formula is C11H12ClN3O. The van der Waals surface area contributed by atoms with Gasteiger partial charge in [0.1, 0.15) is 11.0 Å². The van der Waals surface area contributed by atoms with Gasteiger partial charge >= 0.3 is 0 Å². The van der Waals surface area contributed by atoms with E-state index >= 15 is 0 Å². The lowest BCUT2D eigenvalue weighted by molar-refractivity contribution is 0.120. The molecule has 1 atom stereocenters. The molecule has 1 aromatic heterocycles. The second kappa shape index (κ2) is 5.15. The highest BCUT2D eigenvalue weighted by molar-refractivity contribution is 6.29. The van der Waals surface area contributed by atoms with Gasteiger partial charge in [0.2, 0.25) is 0 Å². The fourth-order valence-corrected chi connectivity index (χ4v) is 1.88. The molecular weight excluding hydrogens is 226 g/mol. The van der Waals surface area contributed by atoms with Crippen LogP contribution < -0.4 is 5.32 Å². The minimum atomic E-state index is 0.242. The van der Waals surface area contributed by atoms with Crippen LogP contribution in [0.25, 0.3) is 0 Å². The van der Waals surface area contributed by atoms with Crippen LogP contribution in [0.2, 0.25) is 5.15 Å². The number of nitriles is 1. The van der Waals surface area contributed by atoms with E-state index in [1.165, 1.54) is 0 Å². The Morgan fingerprint density at radius 3 is 3.19 bits per heavy atom. The number of anilines is 1. The summed E-state index contributed by atoms with van der Waals surface area (Å²) in [7, 11) is 0. The van der Waals surface area contributed by atoms with Crippen molar-refractivity contribution in [3.63, 3.8) is 0 Å². The van der Waals surface area contributed by atoms with E-state index in [1.54, 1.807) is 12.1 Å². The summed E-state index contributed by atoms with van der Waals surface area (Å²) in [6.45, 7) is 1.54. The van der Waals surface area contributed by atoms with Gasteiger partial charge in [-0.15, -0.1) is 0 Å². The highest BCUT2D eigenvalue weighted by Crippen LogP contribution is 2.16. The molecule has 2 rings (SSSR count). The van der Waals surface area contributed by atoms with Crippen molar-refractivity contribution in [2.24, 2.45) is 0 Å². The van der Waals surface area contributed by atoms with E-state index in [0.29, 0.717) is 23.1 Å². The van der Waals surface area contributed by atoms with Crippen LogP contribution in [-0.4, -0.2) is 24.2 Å². The van der Waals surface area contributed by atoms with Gasteiger partial charge in [-0.25, -0.2) is 4.98 Å². The van der Waals surface area contributed by atoms with Crippen molar-refractivity contribution in [1.82, 2.24) is 4.98 Å². The minimum Gasteiger partial charge on any atom is -0.376 e. The summed E-state index contributed by atoms with van der Waals surface area (Å²) in [5.41, 5.74) is 0.509. The number of nitrogens with one attached hydrogen (secondary N) is 1. The molecule has 1 N–H and O–H groups in total. The van der Waals surface area contributed by atoms with Crippen molar-refractivity contribution in [1.29, 1.82) is 5.26 Å². The van der Waals surface area contributed by atoms with Crippen LogP contribution in [0.4, 0.5) is 5.82 Å². The van der Waals surface area contributed by atoms with Crippen molar-refractivity contribution in [3.8, 4) is 6.07 Å². The smallest absolute Gasteiger partial charge is 0.132 e. The first kappa shape index (κ1) is 11.2. The zero-order chi connectivity index (χ0) is 11.4. The quantitative estimate of drug-likeness (QED) is 0.819. The third-order valence-electron chi connectivity index (χ3n) is 2.46. The van der Waals surface area contributed by atoms with E-state index in [9.17, 15) is 0 Å². The van der Waals surface area contributed by atoms with Gasteiger partial charge in [-0.1, -0.05) is 11.6 Å². The standard InChI is InChI=1S/C11H12ClN3O/c12-10-4-8(6-13)5-11(15-10)14-7-9-2-1-3-16-9/h4-5,9H,1-3,7H2,(H,14,15). The van der Waals surface area contributed by atoms with Crippen LogP contribution in [0.1, 0.15) is 18.4 Å². The van der Waals surface area contributed by atoms with Crippen LogP contribution in [0.3, 0.4) is 0 Å². The highest BCUT2D eigenvalue weighted by atomic mass is 35.5. The molecule has 1 unspecified atom stereocenters. The summed E-state index contributed by atoms with van der Waals surface area (Å²) < 4.78 is 5.47. The van der Waals surface area contributed by atoms with Crippen molar-refractivity contribution in [2.45, 2.75) is 18.9 Å². The summed E-state index contributed by atoms with van der Waals surface area (Å²) >= 11 is 5.79. The molecule has 0 bridgehead atoms. The molecule has 4 nitrogen and oxygen atoms in total. The summed E-state index contributed by atoms with van der Waals surface area (Å²) in [5.74, 6) is 0.625. The summed E-state index contributed by atoms with van der Waals surface area (Å²) in [6, 6.07) is 5.26. The number of ether oxygens (including phenoxy) is 1. The molecule has 16 heavy (non-hydrogen) atoms. The average molecular weight is 238 g/mol. The number of aromatic nitrogens is 1. The predicted octanol–water partition coefficient (Wildman–Crippen LogP) is 2.20. The number of hydrogen-bond donors (Lipinski definition) is 1. The van der Waals surface area contributed by atoms with Crippen LogP contribution in [0.5, 0.6) is 0 Å². The molecule has 1 aliphatic heterocycles. The molecule has 1 aromatic rings. The van der Waals surface area contributed by atoms with E-state index in [2.05, 4.69) is 10.3 Å². The summed E-state index contributed by atoms with van der Waals surface area (Å²) in [4.78, 5) is 4.09. The Hall–Kier alpha value is -1.31. The topological polar surface area (TPSA) is 57.9 Å². The van der Waals surface area contributed by atoms with Gasteiger partial charge in [-0.3, -0.25) is 0 Å². The SMILES string of the molecule is N#Cc1cc(Cl)nc(NCC2CCCO2)c1. The lowest BCUT2D eigenvalue weighted by atomic mass is 10.2. The minimum absolute atomic E-state index is 0.242. The molecule has 1 fully saturated rings. The van der Waals surface area contributed by atoms with Crippen molar-refractivity contribution in [2.75, 3.05) is 18.5 Å². The zero-order valence-electron chi connectivity index (χ0n) is 8.74. The van der Waals surface area contributed by atoms with E-state index in [1.807, 2.05) is 6.07 Å². The summed E-state index contributed by atoms with van der Waals surface area (Å²) in [6.07, 6.45) is 2.42. The first-order valence-corrected chi connectivity index (χ1v) is 5.59. The third-order valence-corrected chi connectivity index (χ3v) is 2.65. The van der Waals surface area contributed by atoms with E-state index in [0.717, 1.165) is 19.4 Å². The maximum Gasteiger partial charge on any atom is 0.132 e. The van der Waals surface area contributed by atoms with Crippen LogP contribution >= 0.6 is 11.6 Å². The molecule has 0 saturated carbocycles. The number of rotatable bonds is 3. The molecule has 1 saturated heterocycles. The zero-order valence-corrected chi connectivity index (χ0v) is 9.50. The Labute approximate surface area is 99.2 Å². The van der Waals surface area contributed by atoms with Crippen LogP contribution in [-0.2, 0) is 4.74 Å². The number of pyridine rings is 1. The Balaban J connectivity index is 1.98. The fraction of sp³-hybridized carbons (Fsp3) is 0.455. The molecule has 0 spiro atoms. The van der Waals surface area contributed by atoms with Crippen LogP contribution in [0, 0.1) is 11.3 Å². The van der Waals surface area contributed by atoms with Gasteiger partial charge in [0.15, 0.2) is 0 Å². The molecule has 84 valence electrons. The Morgan fingerprint density at radius 1 is 1.62 bits per heavy atom. The fourth-order valence-electron chi connectivity index (χ4n) is 1.68. The molecule has 2 heterocycles. The van der Waals surface area contributed by atoms with Crippen molar-refractivity contribution in [3.05, 3.63) is 22.8 Å². The maximum absolute atomic E-state index is 8.78. The van der Waals surface area contributed by atoms with Crippen molar-refractivity contribution >= 4 is 17.4 Å². The monoisotopic (exact) mass is 237 g/mol. The molecule has 0 radical (unpaired) electrons. The first-order chi connectivity index (χ1) is 7.78. The van der Waals surface area contributed by atoms with Gasteiger partial charge in [0.25, 0.3) is 0 Å². The molecule has 5 heteroatoms. The summed E-state index contributed by atoms with van der Waals surface area (Å²) in [5, 5.41) is 12.2. The average Bonchev–Trinajstić information content (AvgIpc) is 2.78. The van der Waals surface area contributed by atoms with Gasteiger partial charge in [-0.05, 0) is 25.0 Å². The van der Waals surface area contributed by atoms with Crippen molar-refractivity contribution < 1.29 is 4.74 Å². The van der Waals surface area contributed by atoms with Gasteiger partial charge in [-0.2, -0.15) is 5.26 Å². The Kier molecular flexibility index (Phi) is 3.60. The Bertz CT molecular complexity index is 410. The molecule has 0 amide bonds. The lowest BCUT2D eigenvalue weighted by Crippen LogP contribution is -2.18. The largest absolute Gasteiger partial charge is 0.376 e. The number of halogens is 1.